The lowest BCUT2D eigenvalue weighted by molar-refractivity contribution is -0.0547. The second kappa shape index (κ2) is 9.72. The minimum absolute atomic E-state index is 0.121. The van der Waals surface area contributed by atoms with Crippen molar-refractivity contribution in [3.8, 4) is 17.2 Å². The molecule has 3 heterocycles. The molecule has 1 aromatic carbocycles. The van der Waals surface area contributed by atoms with Crippen LogP contribution in [0.2, 0.25) is 0 Å². The van der Waals surface area contributed by atoms with E-state index in [1.54, 1.807) is 6.07 Å². The molecule has 9 nitrogen and oxygen atoms in total. The number of para-hydroxylation sites is 1. The standard InChI is InChI=1S/C23H29N3O6/c1-14(2)7-4-5-10-30-16-8-6-9-17-21(16)24-22-18(31-17)12-26(23(28)25-22)20-11-15(27)19(32-20)13-29-3/h6,8-9,12,15,19-20,27H,1,4-5,7,10-11,13H2,2-3H3,(H,24,25,28)/t15?,19-,20-/m1/s1/i3TD/t3?,15?,19-,20-. The molecule has 1 aromatic heterocycles. The van der Waals surface area contributed by atoms with Gasteiger partial charge in [0, 0.05) is 13.5 Å². The Morgan fingerprint density at radius 3 is 3.19 bits per heavy atom. The molecule has 4 atom stereocenters. The molecule has 172 valence electrons. The van der Waals surface area contributed by atoms with E-state index in [4.69, 9.17) is 21.7 Å². The summed E-state index contributed by atoms with van der Waals surface area (Å²) in [5, 5.41) is 13.4. The van der Waals surface area contributed by atoms with Gasteiger partial charge in [-0.25, -0.2) is 4.79 Å². The highest BCUT2D eigenvalue weighted by Crippen LogP contribution is 2.45. The van der Waals surface area contributed by atoms with Crippen molar-refractivity contribution in [1.82, 2.24) is 9.55 Å². The number of allylic oxidation sites excluding steroid dienone is 1. The summed E-state index contributed by atoms with van der Waals surface area (Å²) in [6, 6.07) is 5.44. The van der Waals surface area contributed by atoms with Crippen molar-refractivity contribution in [2.24, 2.45) is 0 Å². The summed E-state index contributed by atoms with van der Waals surface area (Å²) < 4.78 is 38.0. The number of ether oxygens (including phenoxy) is 4. The number of aromatic nitrogens is 2. The van der Waals surface area contributed by atoms with Gasteiger partial charge in [0.1, 0.15) is 23.8 Å². The Morgan fingerprint density at radius 2 is 2.38 bits per heavy atom. The van der Waals surface area contributed by atoms with E-state index in [9.17, 15) is 9.90 Å². The molecule has 0 bridgehead atoms. The van der Waals surface area contributed by atoms with E-state index in [2.05, 4.69) is 16.9 Å². The fraction of sp³-hybridized carbons (Fsp3) is 0.478. The first kappa shape index (κ1) is 19.8. The van der Waals surface area contributed by atoms with Gasteiger partial charge in [0.15, 0.2) is 17.3 Å². The predicted octanol–water partition coefficient (Wildman–Crippen LogP) is 3.51. The van der Waals surface area contributed by atoms with Crippen LogP contribution in [0.3, 0.4) is 0 Å². The predicted molar refractivity (Wildman–Crippen MR) is 119 cm³/mol. The van der Waals surface area contributed by atoms with Crippen molar-refractivity contribution in [3.63, 3.8) is 0 Å². The first-order chi connectivity index (χ1) is 16.3. The molecule has 1 fully saturated rings. The Labute approximate surface area is 189 Å². The minimum Gasteiger partial charge on any atom is -0.491 e. The van der Waals surface area contributed by atoms with Gasteiger partial charge in [0.2, 0.25) is 0 Å². The highest BCUT2D eigenvalue weighted by Gasteiger charge is 2.36. The number of benzene rings is 1. The van der Waals surface area contributed by atoms with Gasteiger partial charge in [-0.3, -0.25) is 4.57 Å². The van der Waals surface area contributed by atoms with Crippen molar-refractivity contribution in [2.75, 3.05) is 25.6 Å². The number of rotatable bonds is 9. The first-order valence-corrected chi connectivity index (χ1v) is 10.6. The highest BCUT2D eigenvalue weighted by atomic mass is 16.6. The number of nitrogens with one attached hydrogen (secondary N) is 1. The summed E-state index contributed by atoms with van der Waals surface area (Å²) >= 11 is 0. The third kappa shape index (κ3) is 4.79. The summed E-state index contributed by atoms with van der Waals surface area (Å²) in [7, 11) is -1.48. The maximum absolute atomic E-state index is 12.7. The molecule has 4 rings (SSSR count). The summed E-state index contributed by atoms with van der Waals surface area (Å²) in [5.41, 5.74) is 1.18. The van der Waals surface area contributed by atoms with Gasteiger partial charge in [-0.05, 0) is 38.3 Å². The average Bonchev–Trinajstić information content (AvgIpc) is 3.16. The van der Waals surface area contributed by atoms with Crippen LogP contribution in [0.5, 0.6) is 17.2 Å². The van der Waals surface area contributed by atoms with E-state index in [1.807, 2.05) is 19.1 Å². The molecule has 9 heteroatoms. The molecule has 2 aromatic rings. The van der Waals surface area contributed by atoms with Crippen molar-refractivity contribution in [2.45, 2.75) is 51.0 Å². The molecule has 0 radical (unpaired) electrons. The minimum atomic E-state index is -1.48. The SMILES string of the molecule is [2H]C([3H])OC[C@H]1O[C@@H](n2cc3c(nc2=O)Nc2c(OCCCCC(=C)C)cccc2O3)CC1O. The van der Waals surface area contributed by atoms with Gasteiger partial charge < -0.3 is 29.4 Å². The Kier molecular flexibility index (Phi) is 6.01. The lowest BCUT2D eigenvalue weighted by Crippen LogP contribution is -2.29. The van der Waals surface area contributed by atoms with Crippen molar-refractivity contribution >= 4 is 11.5 Å². The number of aliphatic hydroxyl groups excluding tert-OH is 1. The molecule has 0 amide bonds. The number of aliphatic hydroxyl groups is 1. The molecular formula is C23H29N3O6. The molecule has 2 aliphatic rings. The number of hydrogen-bond acceptors (Lipinski definition) is 8. The van der Waals surface area contributed by atoms with E-state index in [-0.39, 0.29) is 18.8 Å². The zero-order chi connectivity index (χ0) is 24.2. The molecular weight excluding hydrogens is 414 g/mol. The van der Waals surface area contributed by atoms with E-state index < -0.39 is 31.2 Å². The lowest BCUT2D eigenvalue weighted by atomic mass is 10.1. The Bertz CT molecular complexity index is 1090. The fourth-order valence-electron chi connectivity index (χ4n) is 3.74. The number of hydrogen-bond donors (Lipinski definition) is 2. The third-order valence-corrected chi connectivity index (χ3v) is 5.40. The summed E-state index contributed by atoms with van der Waals surface area (Å²) in [4.78, 5) is 16.8. The zero-order valence-electron chi connectivity index (χ0n) is 20.0. The van der Waals surface area contributed by atoms with Crippen molar-refractivity contribution in [3.05, 3.63) is 47.0 Å². The number of unbranched alkanes of at least 4 members (excludes halogenated alkanes) is 1. The van der Waals surface area contributed by atoms with E-state index >= 15 is 0 Å². The molecule has 0 saturated carbocycles. The number of methoxy groups -OCH3 is 1. The largest absolute Gasteiger partial charge is 0.491 e. The van der Waals surface area contributed by atoms with Gasteiger partial charge in [-0.1, -0.05) is 11.6 Å². The maximum atomic E-state index is 12.7. The summed E-state index contributed by atoms with van der Waals surface area (Å²) in [6.07, 6.45) is 2.06. The quantitative estimate of drug-likeness (QED) is 0.380. The monoisotopic (exact) mass is 446 g/mol. The van der Waals surface area contributed by atoms with Gasteiger partial charge >= 0.3 is 5.69 Å². The summed E-state index contributed by atoms with van der Waals surface area (Å²) in [6.45, 7) is 6.34. The second-order valence-electron chi connectivity index (χ2n) is 8.03. The summed E-state index contributed by atoms with van der Waals surface area (Å²) in [5.74, 6) is 1.74. The lowest BCUT2D eigenvalue weighted by Gasteiger charge is -2.24. The van der Waals surface area contributed by atoms with Gasteiger partial charge in [0.25, 0.3) is 0 Å². The number of anilines is 2. The van der Waals surface area contributed by atoms with Crippen LogP contribution in [-0.2, 0) is 9.47 Å². The molecule has 0 aliphatic carbocycles. The Balaban J connectivity index is 1.46. The van der Waals surface area contributed by atoms with Crippen LogP contribution < -0.4 is 20.5 Å². The fourth-order valence-corrected chi connectivity index (χ4v) is 3.74. The molecule has 2 unspecified atom stereocenters. The molecule has 1 saturated heterocycles. The van der Waals surface area contributed by atoms with Crippen LogP contribution in [0, 0.1) is 0 Å². The maximum Gasteiger partial charge on any atom is 0.351 e. The van der Waals surface area contributed by atoms with Gasteiger partial charge in [0.05, 0.1) is 28.3 Å². The molecule has 32 heavy (non-hydrogen) atoms. The van der Waals surface area contributed by atoms with Crippen LogP contribution in [0.25, 0.3) is 0 Å². The zero-order valence-corrected chi connectivity index (χ0v) is 18.0. The first-order valence-electron chi connectivity index (χ1n) is 11.7. The third-order valence-electron chi connectivity index (χ3n) is 5.40. The second-order valence-corrected chi connectivity index (χ2v) is 8.03. The Hall–Kier alpha value is -2.88. The van der Waals surface area contributed by atoms with Crippen molar-refractivity contribution in [1.29, 1.82) is 0 Å². The van der Waals surface area contributed by atoms with Gasteiger partial charge in [-0.15, -0.1) is 6.58 Å². The topological polar surface area (TPSA) is 104 Å². The van der Waals surface area contributed by atoms with Crippen LogP contribution >= 0.6 is 0 Å². The number of fused-ring (bicyclic) bond motifs is 2. The highest BCUT2D eigenvalue weighted by molar-refractivity contribution is 5.77. The normalized spacial score (nSPS) is 23.1. The smallest absolute Gasteiger partial charge is 0.351 e. The molecule has 0 spiro atoms. The molecule has 2 aliphatic heterocycles. The van der Waals surface area contributed by atoms with Crippen molar-refractivity contribution < 1.29 is 26.8 Å². The number of nitrogens with zero attached hydrogens (tertiary/aromatic N) is 2. The average molecular weight is 447 g/mol. The van der Waals surface area contributed by atoms with Crippen LogP contribution in [0.4, 0.5) is 11.5 Å². The van der Waals surface area contributed by atoms with Crippen LogP contribution in [0.15, 0.2) is 41.3 Å². The molecule has 2 N–H and O–H groups in total. The van der Waals surface area contributed by atoms with E-state index in [0.717, 1.165) is 24.8 Å². The van der Waals surface area contributed by atoms with E-state index in [1.165, 1.54) is 10.8 Å². The van der Waals surface area contributed by atoms with Crippen LogP contribution in [0.1, 0.15) is 41.6 Å². The Morgan fingerprint density at radius 1 is 1.50 bits per heavy atom. The van der Waals surface area contributed by atoms with E-state index in [0.29, 0.717) is 29.5 Å². The van der Waals surface area contributed by atoms with Gasteiger partial charge in [-0.2, -0.15) is 4.98 Å². The van der Waals surface area contributed by atoms with Crippen LogP contribution in [-0.4, -0.2) is 47.1 Å².